The van der Waals surface area contributed by atoms with Crippen molar-refractivity contribution >= 4 is 5.78 Å². The van der Waals surface area contributed by atoms with Gasteiger partial charge in [-0.3, -0.25) is 4.79 Å². The third-order valence-electron chi connectivity index (χ3n) is 2.61. The van der Waals surface area contributed by atoms with Crippen molar-refractivity contribution in [1.29, 1.82) is 5.26 Å². The predicted molar refractivity (Wildman–Crippen MR) is 67.3 cm³/mol. The molecule has 0 heterocycles. The summed E-state index contributed by atoms with van der Waals surface area (Å²) in [5.41, 5.74) is 0.309. The second-order valence-electron chi connectivity index (χ2n) is 3.95. The summed E-state index contributed by atoms with van der Waals surface area (Å²) >= 11 is 0. The maximum atomic E-state index is 13.0. The van der Waals surface area contributed by atoms with Crippen LogP contribution in [0.25, 0.3) is 0 Å². The number of ketones is 1. The summed E-state index contributed by atoms with van der Waals surface area (Å²) in [5.74, 6) is -2.34. The van der Waals surface area contributed by atoms with Crippen molar-refractivity contribution in [2.75, 3.05) is 6.61 Å². The average Bonchev–Trinajstić information content (AvgIpc) is 2.47. The Morgan fingerprint density at radius 2 is 1.90 bits per heavy atom. The third-order valence-corrected chi connectivity index (χ3v) is 2.61. The van der Waals surface area contributed by atoms with Gasteiger partial charge in [0.2, 0.25) is 0 Å². The number of halogens is 2. The van der Waals surface area contributed by atoms with Crippen LogP contribution in [0.3, 0.4) is 0 Å². The molecule has 2 aromatic carbocycles. The second-order valence-corrected chi connectivity index (χ2v) is 3.95. The summed E-state index contributed by atoms with van der Waals surface area (Å²) in [5, 5.41) is 8.86. The lowest BCUT2D eigenvalue weighted by molar-refractivity contribution is 0.0921. The monoisotopic (exact) mass is 273 g/mol. The zero-order valence-corrected chi connectivity index (χ0v) is 10.3. The highest BCUT2D eigenvalue weighted by Gasteiger charge is 2.11. The van der Waals surface area contributed by atoms with Gasteiger partial charge in [0.1, 0.15) is 11.8 Å². The molecule has 3 nitrogen and oxygen atoms in total. The van der Waals surface area contributed by atoms with Crippen LogP contribution in [0.2, 0.25) is 0 Å². The first-order chi connectivity index (χ1) is 9.61. The van der Waals surface area contributed by atoms with E-state index in [4.69, 9.17) is 10.00 Å². The fraction of sp³-hybridized carbons (Fsp3) is 0.0667. The fourth-order valence-electron chi connectivity index (χ4n) is 1.58. The third kappa shape index (κ3) is 2.98. The van der Waals surface area contributed by atoms with Crippen molar-refractivity contribution in [3.8, 4) is 11.8 Å². The number of Topliss-reactive ketones (excluding diaryl/α,β-unsaturated/α-hetero) is 1. The SMILES string of the molecule is N#Cc1ccccc1OCC(=O)c1ccc(F)c(F)c1. The number of nitriles is 1. The molecule has 0 unspecified atom stereocenters. The first-order valence-corrected chi connectivity index (χ1v) is 5.72. The van der Waals surface area contributed by atoms with Gasteiger partial charge >= 0.3 is 0 Å². The molecule has 0 N–H and O–H groups in total. The lowest BCUT2D eigenvalue weighted by Gasteiger charge is -2.07. The van der Waals surface area contributed by atoms with E-state index in [0.717, 1.165) is 12.1 Å². The van der Waals surface area contributed by atoms with Crippen LogP contribution in [-0.2, 0) is 0 Å². The average molecular weight is 273 g/mol. The number of hydrogen-bond acceptors (Lipinski definition) is 3. The lowest BCUT2D eigenvalue weighted by Crippen LogP contribution is -2.12. The summed E-state index contributed by atoms with van der Waals surface area (Å²) in [4.78, 5) is 11.8. The number of para-hydroxylation sites is 1. The Morgan fingerprint density at radius 1 is 1.15 bits per heavy atom. The summed E-state index contributed by atoms with van der Waals surface area (Å²) in [7, 11) is 0. The highest BCUT2D eigenvalue weighted by Crippen LogP contribution is 2.17. The van der Waals surface area contributed by atoms with Gasteiger partial charge in [0, 0.05) is 5.56 Å². The molecule has 5 heteroatoms. The molecule has 0 saturated carbocycles. The smallest absolute Gasteiger partial charge is 0.200 e. The van der Waals surface area contributed by atoms with Crippen molar-refractivity contribution in [3.63, 3.8) is 0 Å². The Bertz CT molecular complexity index is 693. The molecular formula is C15H9F2NO2. The molecule has 0 aromatic heterocycles. The second kappa shape index (κ2) is 5.93. The first-order valence-electron chi connectivity index (χ1n) is 5.72. The molecule has 0 saturated heterocycles. The molecule has 0 aliphatic carbocycles. The lowest BCUT2D eigenvalue weighted by atomic mass is 10.1. The van der Waals surface area contributed by atoms with Crippen molar-refractivity contribution in [1.82, 2.24) is 0 Å². The summed E-state index contributed by atoms with van der Waals surface area (Å²) in [6.07, 6.45) is 0. The number of ether oxygens (including phenoxy) is 1. The molecular weight excluding hydrogens is 264 g/mol. The van der Waals surface area contributed by atoms with Gasteiger partial charge in [-0.05, 0) is 30.3 Å². The zero-order valence-electron chi connectivity index (χ0n) is 10.3. The molecule has 0 amide bonds. The highest BCUT2D eigenvalue weighted by atomic mass is 19.2. The number of nitrogens with zero attached hydrogens (tertiary/aromatic N) is 1. The van der Waals surface area contributed by atoms with Gasteiger partial charge in [0.25, 0.3) is 0 Å². The van der Waals surface area contributed by atoms with Crippen LogP contribution in [0, 0.1) is 23.0 Å². The van der Waals surface area contributed by atoms with Crippen LogP contribution in [0.15, 0.2) is 42.5 Å². The van der Waals surface area contributed by atoms with Crippen LogP contribution >= 0.6 is 0 Å². The Hall–Kier alpha value is -2.74. The largest absolute Gasteiger partial charge is 0.484 e. The normalized spacial score (nSPS) is 9.85. The van der Waals surface area contributed by atoms with E-state index in [1.165, 1.54) is 6.07 Å². The molecule has 20 heavy (non-hydrogen) atoms. The Morgan fingerprint density at radius 3 is 2.60 bits per heavy atom. The van der Waals surface area contributed by atoms with E-state index in [1.54, 1.807) is 24.3 Å². The molecule has 0 bridgehead atoms. The van der Waals surface area contributed by atoms with Crippen LogP contribution in [0.1, 0.15) is 15.9 Å². The first kappa shape index (κ1) is 13.7. The summed E-state index contributed by atoms with van der Waals surface area (Å²) in [6, 6.07) is 11.2. The summed E-state index contributed by atoms with van der Waals surface area (Å²) < 4.78 is 31.0. The molecule has 0 spiro atoms. The van der Waals surface area contributed by atoms with Gasteiger partial charge in [0.05, 0.1) is 5.56 Å². The van der Waals surface area contributed by atoms with Gasteiger partial charge < -0.3 is 4.74 Å². The molecule has 0 atom stereocenters. The molecule has 100 valence electrons. The van der Waals surface area contributed by atoms with E-state index in [2.05, 4.69) is 0 Å². The number of carbonyl (C=O) groups is 1. The van der Waals surface area contributed by atoms with Gasteiger partial charge in [0.15, 0.2) is 24.0 Å². The van der Waals surface area contributed by atoms with Crippen molar-refractivity contribution in [3.05, 3.63) is 65.2 Å². The standard InChI is InChI=1S/C15H9F2NO2/c16-12-6-5-10(7-13(12)17)14(19)9-20-15-4-2-1-3-11(15)8-18/h1-7H,9H2. The van der Waals surface area contributed by atoms with Crippen LogP contribution in [-0.4, -0.2) is 12.4 Å². The minimum Gasteiger partial charge on any atom is -0.484 e. The number of carbonyl (C=O) groups excluding carboxylic acids is 1. The van der Waals surface area contributed by atoms with E-state index in [1.807, 2.05) is 6.07 Å². The molecule has 0 aliphatic rings. The minimum absolute atomic E-state index is 0.0124. The van der Waals surface area contributed by atoms with Gasteiger partial charge in [-0.25, -0.2) is 8.78 Å². The van der Waals surface area contributed by atoms with E-state index in [9.17, 15) is 13.6 Å². The molecule has 2 rings (SSSR count). The van der Waals surface area contributed by atoms with E-state index in [-0.39, 0.29) is 17.9 Å². The van der Waals surface area contributed by atoms with Crippen molar-refractivity contribution in [2.24, 2.45) is 0 Å². The molecule has 0 radical (unpaired) electrons. The van der Waals surface area contributed by atoms with Crippen LogP contribution in [0.4, 0.5) is 8.78 Å². The Kier molecular flexibility index (Phi) is 4.06. The fourth-order valence-corrected chi connectivity index (χ4v) is 1.58. The quantitative estimate of drug-likeness (QED) is 0.804. The predicted octanol–water partition coefficient (Wildman–Crippen LogP) is 3.10. The molecule has 2 aromatic rings. The summed E-state index contributed by atoms with van der Waals surface area (Å²) in [6.45, 7) is -0.357. The van der Waals surface area contributed by atoms with Gasteiger partial charge in [-0.15, -0.1) is 0 Å². The topological polar surface area (TPSA) is 50.1 Å². The number of benzene rings is 2. The highest BCUT2D eigenvalue weighted by molar-refractivity contribution is 5.97. The van der Waals surface area contributed by atoms with Crippen LogP contribution < -0.4 is 4.74 Å². The maximum Gasteiger partial charge on any atom is 0.200 e. The zero-order chi connectivity index (χ0) is 14.5. The van der Waals surface area contributed by atoms with E-state index in [0.29, 0.717) is 5.56 Å². The van der Waals surface area contributed by atoms with E-state index < -0.39 is 17.4 Å². The molecule has 0 fully saturated rings. The molecule has 0 aliphatic heterocycles. The van der Waals surface area contributed by atoms with Crippen molar-refractivity contribution < 1.29 is 18.3 Å². The van der Waals surface area contributed by atoms with Gasteiger partial charge in [-0.1, -0.05) is 12.1 Å². The minimum atomic E-state index is -1.09. The van der Waals surface area contributed by atoms with Gasteiger partial charge in [-0.2, -0.15) is 5.26 Å². The maximum absolute atomic E-state index is 13.0. The van der Waals surface area contributed by atoms with Crippen LogP contribution in [0.5, 0.6) is 5.75 Å². The Labute approximate surface area is 114 Å². The van der Waals surface area contributed by atoms with Crippen molar-refractivity contribution in [2.45, 2.75) is 0 Å². The number of hydrogen-bond donors (Lipinski definition) is 0. The number of rotatable bonds is 4. The Balaban J connectivity index is 2.09. The van der Waals surface area contributed by atoms with E-state index >= 15 is 0 Å².